The van der Waals surface area contributed by atoms with Crippen molar-refractivity contribution in [1.29, 1.82) is 0 Å². The highest BCUT2D eigenvalue weighted by atomic mass is 79.9. The standard InChI is InChI=1S/C15H18BrN3O2/c16-10-1-2-13-11(7-10)14(12(17)8-18-13)19-15(9-20)3-5-21-6-4-15/h1-2,7-8,20H,3-6,9,17H2,(H,18,19). The van der Waals surface area contributed by atoms with E-state index in [-0.39, 0.29) is 12.1 Å². The van der Waals surface area contributed by atoms with E-state index in [4.69, 9.17) is 10.5 Å². The molecule has 2 aromatic rings. The van der Waals surface area contributed by atoms with Crippen LogP contribution in [0.15, 0.2) is 28.9 Å². The minimum atomic E-state index is -0.386. The van der Waals surface area contributed by atoms with Crippen LogP contribution in [0.25, 0.3) is 10.9 Å². The summed E-state index contributed by atoms with van der Waals surface area (Å²) in [6, 6.07) is 5.89. The van der Waals surface area contributed by atoms with Crippen LogP contribution in [0.3, 0.4) is 0 Å². The number of hydrogen-bond donors (Lipinski definition) is 3. The van der Waals surface area contributed by atoms with Gasteiger partial charge in [0.1, 0.15) is 0 Å². The van der Waals surface area contributed by atoms with E-state index in [1.807, 2.05) is 18.2 Å². The predicted octanol–water partition coefficient (Wildman–Crippen LogP) is 2.53. The second-order valence-corrected chi connectivity index (χ2v) is 6.34. The Morgan fingerprint density at radius 1 is 1.38 bits per heavy atom. The van der Waals surface area contributed by atoms with Gasteiger partial charge in [-0.2, -0.15) is 0 Å². The highest BCUT2D eigenvalue weighted by Crippen LogP contribution is 2.34. The highest BCUT2D eigenvalue weighted by Gasteiger charge is 2.32. The molecule has 21 heavy (non-hydrogen) atoms. The molecule has 5 nitrogen and oxygen atoms in total. The Labute approximate surface area is 131 Å². The topological polar surface area (TPSA) is 80.4 Å². The zero-order valence-electron chi connectivity index (χ0n) is 11.6. The van der Waals surface area contributed by atoms with E-state index in [0.717, 1.165) is 33.9 Å². The molecule has 2 heterocycles. The first-order chi connectivity index (χ1) is 10.1. The molecule has 0 radical (unpaired) electrons. The average Bonchev–Trinajstić information content (AvgIpc) is 2.51. The molecule has 112 valence electrons. The molecule has 0 unspecified atom stereocenters. The van der Waals surface area contributed by atoms with Crippen LogP contribution in [0.5, 0.6) is 0 Å². The van der Waals surface area contributed by atoms with Crippen LogP contribution in [0, 0.1) is 0 Å². The zero-order valence-corrected chi connectivity index (χ0v) is 13.2. The van der Waals surface area contributed by atoms with Crippen molar-refractivity contribution in [3.63, 3.8) is 0 Å². The summed E-state index contributed by atoms with van der Waals surface area (Å²) in [5.74, 6) is 0. The minimum Gasteiger partial charge on any atom is -0.396 e. The molecule has 0 amide bonds. The summed E-state index contributed by atoms with van der Waals surface area (Å²) in [6.45, 7) is 1.33. The Balaban J connectivity index is 2.06. The van der Waals surface area contributed by atoms with Crippen molar-refractivity contribution in [2.45, 2.75) is 18.4 Å². The molecule has 0 saturated carbocycles. The van der Waals surface area contributed by atoms with Crippen LogP contribution in [0.4, 0.5) is 11.4 Å². The SMILES string of the molecule is Nc1cnc2ccc(Br)cc2c1NC1(CO)CCOCC1. The fourth-order valence-electron chi connectivity index (χ4n) is 2.67. The van der Waals surface area contributed by atoms with E-state index < -0.39 is 0 Å². The number of aliphatic hydroxyl groups is 1. The van der Waals surface area contributed by atoms with Crippen LogP contribution < -0.4 is 11.1 Å². The molecular formula is C15H18BrN3O2. The third-order valence-corrected chi connectivity index (χ3v) is 4.50. The number of aliphatic hydroxyl groups excluding tert-OH is 1. The molecule has 1 aromatic heterocycles. The predicted molar refractivity (Wildman–Crippen MR) is 87.3 cm³/mol. The van der Waals surface area contributed by atoms with Gasteiger partial charge in [0.15, 0.2) is 0 Å². The normalized spacial score (nSPS) is 17.8. The number of hydrogen-bond acceptors (Lipinski definition) is 5. The number of nitrogen functional groups attached to an aromatic ring is 1. The Hall–Kier alpha value is -1.37. The Kier molecular flexibility index (Phi) is 4.01. The number of rotatable bonds is 3. The quantitative estimate of drug-likeness (QED) is 0.791. The van der Waals surface area contributed by atoms with Gasteiger partial charge in [0.05, 0.1) is 35.2 Å². The molecule has 1 aliphatic rings. The smallest absolute Gasteiger partial charge is 0.0743 e. The molecule has 1 saturated heterocycles. The second kappa shape index (κ2) is 5.79. The average molecular weight is 352 g/mol. The van der Waals surface area contributed by atoms with Crippen LogP contribution >= 0.6 is 15.9 Å². The summed E-state index contributed by atoms with van der Waals surface area (Å²) in [6.07, 6.45) is 3.16. The molecule has 1 fully saturated rings. The fraction of sp³-hybridized carbons (Fsp3) is 0.400. The molecule has 1 aromatic carbocycles. The molecule has 1 aliphatic heterocycles. The Morgan fingerprint density at radius 2 is 2.14 bits per heavy atom. The summed E-state index contributed by atoms with van der Waals surface area (Å²) < 4.78 is 6.37. The maximum Gasteiger partial charge on any atom is 0.0743 e. The van der Waals surface area contributed by atoms with Gasteiger partial charge in [-0.25, -0.2) is 0 Å². The second-order valence-electron chi connectivity index (χ2n) is 5.43. The first-order valence-corrected chi connectivity index (χ1v) is 7.73. The van der Waals surface area contributed by atoms with Crippen molar-refractivity contribution in [3.05, 3.63) is 28.9 Å². The lowest BCUT2D eigenvalue weighted by Gasteiger charge is -2.37. The molecule has 0 spiro atoms. The summed E-state index contributed by atoms with van der Waals surface area (Å²) in [4.78, 5) is 4.35. The first-order valence-electron chi connectivity index (χ1n) is 6.94. The van der Waals surface area contributed by atoms with Gasteiger partial charge in [0.25, 0.3) is 0 Å². The lowest BCUT2D eigenvalue weighted by atomic mass is 9.90. The van der Waals surface area contributed by atoms with Crippen molar-refractivity contribution in [1.82, 2.24) is 4.98 Å². The number of fused-ring (bicyclic) bond motifs is 1. The first kappa shape index (κ1) is 14.6. The number of nitrogens with one attached hydrogen (secondary N) is 1. The molecule has 4 N–H and O–H groups in total. The monoisotopic (exact) mass is 351 g/mol. The van der Waals surface area contributed by atoms with Crippen LogP contribution in [-0.2, 0) is 4.74 Å². The van der Waals surface area contributed by atoms with E-state index in [1.54, 1.807) is 6.20 Å². The van der Waals surface area contributed by atoms with Gasteiger partial charge in [-0.1, -0.05) is 15.9 Å². The summed E-state index contributed by atoms with van der Waals surface area (Å²) in [5.41, 5.74) is 8.01. The Bertz CT molecular complexity index is 651. The summed E-state index contributed by atoms with van der Waals surface area (Å²) >= 11 is 3.48. The molecule has 0 atom stereocenters. The van der Waals surface area contributed by atoms with Crippen LogP contribution in [0.2, 0.25) is 0 Å². The third-order valence-electron chi connectivity index (χ3n) is 4.00. The van der Waals surface area contributed by atoms with Gasteiger partial charge in [-0.15, -0.1) is 0 Å². The van der Waals surface area contributed by atoms with E-state index in [0.29, 0.717) is 18.9 Å². The lowest BCUT2D eigenvalue weighted by Crippen LogP contribution is -2.47. The third kappa shape index (κ3) is 2.84. The number of nitrogens with two attached hydrogens (primary N) is 1. The number of anilines is 2. The van der Waals surface area contributed by atoms with Gasteiger partial charge in [0, 0.05) is 23.1 Å². The largest absolute Gasteiger partial charge is 0.396 e. The van der Waals surface area contributed by atoms with Crippen molar-refractivity contribution in [2.24, 2.45) is 0 Å². The van der Waals surface area contributed by atoms with E-state index in [9.17, 15) is 5.11 Å². The number of nitrogens with zero attached hydrogens (tertiary/aromatic N) is 1. The van der Waals surface area contributed by atoms with Crippen molar-refractivity contribution in [2.75, 3.05) is 30.9 Å². The van der Waals surface area contributed by atoms with Crippen molar-refractivity contribution in [3.8, 4) is 0 Å². The minimum absolute atomic E-state index is 0.0492. The van der Waals surface area contributed by atoms with E-state index in [2.05, 4.69) is 26.2 Å². The number of pyridine rings is 1. The van der Waals surface area contributed by atoms with Crippen molar-refractivity contribution < 1.29 is 9.84 Å². The molecule has 0 aliphatic carbocycles. The summed E-state index contributed by atoms with van der Waals surface area (Å²) in [7, 11) is 0. The zero-order chi connectivity index (χ0) is 14.9. The molecule has 6 heteroatoms. The maximum absolute atomic E-state index is 9.84. The van der Waals surface area contributed by atoms with Gasteiger partial charge < -0.3 is 20.9 Å². The Morgan fingerprint density at radius 3 is 2.86 bits per heavy atom. The highest BCUT2D eigenvalue weighted by molar-refractivity contribution is 9.10. The molecular weight excluding hydrogens is 334 g/mol. The maximum atomic E-state index is 9.84. The number of aromatic nitrogens is 1. The van der Waals surface area contributed by atoms with Crippen LogP contribution in [0.1, 0.15) is 12.8 Å². The molecule has 0 bridgehead atoms. The van der Waals surface area contributed by atoms with Crippen molar-refractivity contribution >= 4 is 38.2 Å². The number of ether oxygens (including phenoxy) is 1. The fourth-order valence-corrected chi connectivity index (χ4v) is 3.03. The lowest BCUT2D eigenvalue weighted by molar-refractivity contribution is 0.0381. The van der Waals surface area contributed by atoms with Crippen LogP contribution in [-0.4, -0.2) is 35.5 Å². The number of halogens is 1. The van der Waals surface area contributed by atoms with Gasteiger partial charge in [0.2, 0.25) is 0 Å². The summed E-state index contributed by atoms with van der Waals surface area (Å²) in [5, 5.41) is 14.3. The molecule has 3 rings (SSSR count). The van der Waals surface area contributed by atoms with Gasteiger partial charge in [-0.3, -0.25) is 4.98 Å². The van der Waals surface area contributed by atoms with E-state index >= 15 is 0 Å². The van der Waals surface area contributed by atoms with Gasteiger partial charge in [-0.05, 0) is 31.0 Å². The van der Waals surface area contributed by atoms with Gasteiger partial charge >= 0.3 is 0 Å². The number of benzene rings is 1. The van der Waals surface area contributed by atoms with E-state index in [1.165, 1.54) is 0 Å².